The fourth-order valence-corrected chi connectivity index (χ4v) is 5.53. The molecule has 0 fully saturated rings. The highest BCUT2D eigenvalue weighted by Gasteiger charge is 2.41. The zero-order valence-electron chi connectivity index (χ0n) is 23.6. The summed E-state index contributed by atoms with van der Waals surface area (Å²) >= 11 is 0. The van der Waals surface area contributed by atoms with Gasteiger partial charge < -0.3 is 15.1 Å². The lowest BCUT2D eigenvalue weighted by Gasteiger charge is -2.37. The molecule has 0 saturated heterocycles. The summed E-state index contributed by atoms with van der Waals surface area (Å²) in [5.74, 6) is -2.90. The second-order valence-corrected chi connectivity index (χ2v) is 10.8. The number of ketones is 1. The van der Waals surface area contributed by atoms with E-state index in [1.54, 1.807) is 36.4 Å². The molecule has 0 unspecified atom stereocenters. The van der Waals surface area contributed by atoms with E-state index in [1.807, 2.05) is 49.3 Å². The molecule has 3 aromatic rings. The molecule has 3 aromatic carbocycles. The quantitative estimate of drug-likeness (QED) is 0.296. The smallest absolute Gasteiger partial charge is 0.299 e. The van der Waals surface area contributed by atoms with E-state index < -0.39 is 36.0 Å². The fraction of sp³-hybridized carbons (Fsp3) is 0.273. The molecule has 1 N–H and O–H groups in total. The maximum atomic E-state index is 14.1. The van der Waals surface area contributed by atoms with Gasteiger partial charge in [0, 0.05) is 32.0 Å². The average molecular weight is 569 g/mol. The number of halogens is 1. The minimum Gasteiger partial charge on any atom is -0.378 e. The highest BCUT2D eigenvalue weighted by Crippen LogP contribution is 2.31. The van der Waals surface area contributed by atoms with E-state index in [0.717, 1.165) is 12.1 Å². The number of hydrogen-bond donors (Lipinski definition) is 1. The molecule has 0 aromatic heterocycles. The van der Waals surface area contributed by atoms with Crippen molar-refractivity contribution in [1.29, 1.82) is 0 Å². The van der Waals surface area contributed by atoms with Crippen LogP contribution in [0.3, 0.4) is 0 Å². The van der Waals surface area contributed by atoms with Crippen LogP contribution in [0, 0.1) is 11.7 Å². The van der Waals surface area contributed by atoms with Gasteiger partial charge in [0.25, 0.3) is 11.7 Å². The van der Waals surface area contributed by atoms with Gasteiger partial charge in [-0.1, -0.05) is 36.4 Å². The lowest BCUT2D eigenvalue weighted by molar-refractivity contribution is -0.140. The molecule has 0 saturated carbocycles. The summed E-state index contributed by atoms with van der Waals surface area (Å²) in [6.07, 6.45) is 6.11. The first-order chi connectivity index (χ1) is 20.2. The van der Waals surface area contributed by atoms with E-state index in [9.17, 15) is 23.6 Å². The molecule has 1 aliphatic heterocycles. The maximum Gasteiger partial charge on any atom is 0.299 e. The number of amides is 3. The van der Waals surface area contributed by atoms with Crippen LogP contribution < -0.4 is 15.1 Å². The Kier molecular flexibility index (Phi) is 8.47. The van der Waals surface area contributed by atoms with Crippen LogP contribution in [-0.2, 0) is 20.9 Å². The van der Waals surface area contributed by atoms with Crippen molar-refractivity contribution in [1.82, 2.24) is 4.90 Å². The third kappa shape index (κ3) is 6.10. The van der Waals surface area contributed by atoms with Crippen molar-refractivity contribution in [3.63, 3.8) is 0 Å². The molecular formula is C33H33FN4O4. The lowest BCUT2D eigenvalue weighted by atomic mass is 9.85. The van der Waals surface area contributed by atoms with Crippen LogP contribution in [0.4, 0.5) is 21.5 Å². The van der Waals surface area contributed by atoms with Gasteiger partial charge in [0.05, 0.1) is 11.3 Å². The number of carbonyl (C=O) groups excluding carboxylic acids is 4. The Morgan fingerprint density at radius 2 is 1.69 bits per heavy atom. The van der Waals surface area contributed by atoms with Crippen LogP contribution in [-0.4, -0.2) is 55.1 Å². The molecule has 42 heavy (non-hydrogen) atoms. The minimum atomic E-state index is -0.885. The number of carbonyl (C=O) groups is 4. The molecule has 8 nitrogen and oxygen atoms in total. The summed E-state index contributed by atoms with van der Waals surface area (Å²) in [7, 11) is 3.85. The number of nitrogens with zero attached hydrogens (tertiary/aromatic N) is 3. The standard InChI is InChI=1S/C33H33FN4O4/c1-36(2)26-18-16-25(17-19-26)35-32(41)30(23-8-4-3-5-9-23)38(20-22-12-14-24(34)15-13-22)29(39)21-37-28-11-7-6-10-27(28)31(40)33(37)42/h3-4,6-7,10-19,23,30H,5,8-9,20-21H2,1-2H3,(H,35,41)/t23-,30+/m1/s1. The van der Waals surface area contributed by atoms with Crippen molar-refractivity contribution in [3.8, 4) is 0 Å². The largest absolute Gasteiger partial charge is 0.378 e. The Hall–Kier alpha value is -4.79. The average Bonchev–Trinajstić information content (AvgIpc) is 3.23. The number of allylic oxidation sites excluding steroid dienone is 2. The number of Topliss-reactive ketones (excluding diaryl/α,β-unsaturated/α-hetero) is 1. The van der Waals surface area contributed by atoms with Gasteiger partial charge in [0.1, 0.15) is 18.4 Å². The Labute approximate surface area is 244 Å². The van der Waals surface area contributed by atoms with Crippen LogP contribution in [0.1, 0.15) is 35.2 Å². The molecular weight excluding hydrogens is 535 g/mol. The van der Waals surface area contributed by atoms with Crippen LogP contribution in [0.25, 0.3) is 0 Å². The van der Waals surface area contributed by atoms with E-state index in [1.165, 1.54) is 21.9 Å². The number of hydrogen-bond acceptors (Lipinski definition) is 5. The number of fused-ring (bicyclic) bond motifs is 1. The zero-order chi connectivity index (χ0) is 29.8. The predicted octanol–water partition coefficient (Wildman–Crippen LogP) is 4.81. The summed E-state index contributed by atoms with van der Waals surface area (Å²) in [5, 5.41) is 2.99. The first-order valence-electron chi connectivity index (χ1n) is 14.0. The molecule has 0 bridgehead atoms. The van der Waals surface area contributed by atoms with Crippen molar-refractivity contribution < 1.29 is 23.6 Å². The first kappa shape index (κ1) is 28.7. The Bertz CT molecular complexity index is 1520. The van der Waals surface area contributed by atoms with Crippen LogP contribution in [0.2, 0.25) is 0 Å². The summed E-state index contributed by atoms with van der Waals surface area (Å²) in [6.45, 7) is -0.388. The molecule has 216 valence electrons. The lowest BCUT2D eigenvalue weighted by Crippen LogP contribution is -2.54. The Morgan fingerprint density at radius 3 is 2.36 bits per heavy atom. The van der Waals surface area contributed by atoms with E-state index >= 15 is 0 Å². The maximum absolute atomic E-state index is 14.1. The van der Waals surface area contributed by atoms with E-state index in [0.29, 0.717) is 29.8 Å². The number of nitrogens with one attached hydrogen (secondary N) is 1. The number of rotatable bonds is 9. The van der Waals surface area contributed by atoms with Gasteiger partial charge >= 0.3 is 0 Å². The molecule has 9 heteroatoms. The highest BCUT2D eigenvalue weighted by molar-refractivity contribution is 6.52. The topological polar surface area (TPSA) is 90.0 Å². The van der Waals surface area contributed by atoms with E-state index in [2.05, 4.69) is 11.4 Å². The molecule has 2 atom stereocenters. The van der Waals surface area contributed by atoms with Gasteiger partial charge in [-0.3, -0.25) is 24.1 Å². The summed E-state index contributed by atoms with van der Waals surface area (Å²) in [5.41, 5.74) is 2.80. The van der Waals surface area contributed by atoms with E-state index in [4.69, 9.17) is 0 Å². The monoisotopic (exact) mass is 568 g/mol. The van der Waals surface area contributed by atoms with Gasteiger partial charge in [-0.2, -0.15) is 0 Å². The molecule has 1 heterocycles. The second kappa shape index (κ2) is 12.4. The summed E-state index contributed by atoms with van der Waals surface area (Å²) in [4.78, 5) is 58.3. The van der Waals surface area contributed by atoms with E-state index in [-0.39, 0.29) is 23.9 Å². The van der Waals surface area contributed by atoms with Crippen molar-refractivity contribution >= 4 is 40.6 Å². The van der Waals surface area contributed by atoms with Crippen LogP contribution >= 0.6 is 0 Å². The normalized spacial score (nSPS) is 16.6. The highest BCUT2D eigenvalue weighted by atomic mass is 19.1. The van der Waals surface area contributed by atoms with Gasteiger partial charge in [0.2, 0.25) is 11.8 Å². The third-order valence-electron chi connectivity index (χ3n) is 7.77. The van der Waals surface area contributed by atoms with Crippen LogP contribution in [0.15, 0.2) is 84.9 Å². The fourth-order valence-electron chi connectivity index (χ4n) is 5.53. The number of para-hydroxylation sites is 1. The van der Waals surface area contributed by atoms with Crippen LogP contribution in [0.5, 0.6) is 0 Å². The Balaban J connectivity index is 1.49. The summed E-state index contributed by atoms with van der Waals surface area (Å²) < 4.78 is 13.7. The molecule has 3 amide bonds. The molecule has 1 aliphatic carbocycles. The van der Waals surface area contributed by atoms with Crippen molar-refractivity contribution in [3.05, 3.63) is 102 Å². The van der Waals surface area contributed by atoms with Gasteiger partial charge in [-0.05, 0) is 79.3 Å². The SMILES string of the molecule is CN(C)c1ccc(NC(=O)[C@H]([C@@H]2CC=CCC2)N(Cc2ccc(F)cc2)C(=O)CN2C(=O)C(=O)c3ccccc32)cc1. The molecule has 0 radical (unpaired) electrons. The van der Waals surface area contributed by atoms with Gasteiger partial charge in [-0.15, -0.1) is 0 Å². The van der Waals surface area contributed by atoms with Gasteiger partial charge in [-0.25, -0.2) is 4.39 Å². The Morgan fingerprint density at radius 1 is 0.976 bits per heavy atom. The predicted molar refractivity (Wildman–Crippen MR) is 160 cm³/mol. The van der Waals surface area contributed by atoms with Crippen molar-refractivity contribution in [2.45, 2.75) is 31.8 Å². The number of benzene rings is 3. The first-order valence-corrected chi connectivity index (χ1v) is 14.0. The second-order valence-electron chi connectivity index (χ2n) is 10.8. The third-order valence-corrected chi connectivity index (χ3v) is 7.77. The zero-order valence-corrected chi connectivity index (χ0v) is 23.6. The molecule has 0 spiro atoms. The van der Waals surface area contributed by atoms with Crippen molar-refractivity contribution in [2.75, 3.05) is 35.8 Å². The van der Waals surface area contributed by atoms with Crippen molar-refractivity contribution in [2.24, 2.45) is 5.92 Å². The minimum absolute atomic E-state index is 0.0224. The summed E-state index contributed by atoms with van der Waals surface area (Å²) in [6, 6.07) is 18.8. The molecule has 2 aliphatic rings. The molecule has 5 rings (SSSR count). The van der Waals surface area contributed by atoms with Gasteiger partial charge in [0.15, 0.2) is 0 Å². The number of anilines is 3.